The number of nitrogens with one attached hydrogen (secondary N) is 1. The predicted molar refractivity (Wildman–Crippen MR) is 131 cm³/mol. The Bertz CT molecular complexity index is 1330. The van der Waals surface area contributed by atoms with Crippen LogP contribution in [0.25, 0.3) is 5.69 Å². The normalized spacial score (nSPS) is 16.3. The van der Waals surface area contributed by atoms with Crippen LogP contribution in [0.5, 0.6) is 11.5 Å². The summed E-state index contributed by atoms with van der Waals surface area (Å²) in [7, 11) is 0. The zero-order valence-corrected chi connectivity index (χ0v) is 20.1. The molecule has 8 nitrogen and oxygen atoms in total. The number of ether oxygens (including phenoxy) is 3. The lowest BCUT2D eigenvalue weighted by atomic mass is 10.1. The highest BCUT2D eigenvalue weighted by atomic mass is 32.2. The topological polar surface area (TPSA) is 95.9 Å². The van der Waals surface area contributed by atoms with Crippen molar-refractivity contribution in [3.05, 3.63) is 65.5 Å². The number of rotatable bonds is 6. The van der Waals surface area contributed by atoms with E-state index in [9.17, 15) is 14.4 Å². The van der Waals surface area contributed by atoms with Gasteiger partial charge in [0, 0.05) is 33.6 Å². The first-order valence-corrected chi connectivity index (χ1v) is 12.1. The van der Waals surface area contributed by atoms with Crippen molar-refractivity contribution in [2.24, 2.45) is 0 Å². The molecule has 1 aromatic heterocycles. The van der Waals surface area contributed by atoms with E-state index >= 15 is 0 Å². The Morgan fingerprint density at radius 2 is 1.86 bits per heavy atom. The van der Waals surface area contributed by atoms with Crippen LogP contribution in [0.15, 0.2) is 53.4 Å². The molecule has 2 aliphatic heterocycles. The van der Waals surface area contributed by atoms with Crippen LogP contribution >= 0.6 is 11.8 Å². The van der Waals surface area contributed by atoms with Crippen LogP contribution in [-0.2, 0) is 14.3 Å². The van der Waals surface area contributed by atoms with Gasteiger partial charge in [0.1, 0.15) is 13.2 Å². The molecule has 1 amide bonds. The number of para-hydroxylation sites is 1. The van der Waals surface area contributed by atoms with Crippen molar-refractivity contribution < 1.29 is 28.6 Å². The van der Waals surface area contributed by atoms with Gasteiger partial charge in [0.05, 0.1) is 17.4 Å². The van der Waals surface area contributed by atoms with Crippen LogP contribution in [-0.4, -0.2) is 47.3 Å². The zero-order valence-electron chi connectivity index (χ0n) is 19.3. The van der Waals surface area contributed by atoms with Crippen molar-refractivity contribution in [3.63, 3.8) is 0 Å². The van der Waals surface area contributed by atoms with Crippen molar-refractivity contribution in [1.82, 2.24) is 4.57 Å². The number of ketones is 1. The second-order valence-electron chi connectivity index (χ2n) is 8.33. The van der Waals surface area contributed by atoms with E-state index in [0.717, 1.165) is 27.7 Å². The molecule has 2 aromatic carbocycles. The van der Waals surface area contributed by atoms with Gasteiger partial charge in [0.25, 0.3) is 0 Å². The third-order valence-corrected chi connectivity index (χ3v) is 7.21. The molecular formula is C26H24N2O6S. The number of nitrogens with zero attached hydrogens (tertiary/aromatic N) is 1. The number of carbonyl (C=O) groups is 3. The van der Waals surface area contributed by atoms with Crippen LogP contribution in [0.4, 0.5) is 5.69 Å². The lowest BCUT2D eigenvalue weighted by Gasteiger charge is -2.23. The summed E-state index contributed by atoms with van der Waals surface area (Å²) in [4.78, 5) is 38.6. The molecule has 1 atom stereocenters. The minimum atomic E-state index is -0.604. The number of Topliss-reactive ketones (excluding diaryl/α,β-unsaturated/α-hetero) is 1. The first-order chi connectivity index (χ1) is 16.9. The van der Waals surface area contributed by atoms with Crippen LogP contribution in [0.1, 0.15) is 28.2 Å². The zero-order chi connectivity index (χ0) is 24.5. The van der Waals surface area contributed by atoms with Crippen molar-refractivity contribution in [2.75, 3.05) is 25.1 Å². The summed E-state index contributed by atoms with van der Waals surface area (Å²) < 4.78 is 18.5. The van der Waals surface area contributed by atoms with E-state index in [1.807, 2.05) is 60.9 Å². The van der Waals surface area contributed by atoms with Gasteiger partial charge in [-0.2, -0.15) is 0 Å². The molecule has 0 saturated carbocycles. The maximum absolute atomic E-state index is 12.9. The molecule has 0 aliphatic carbocycles. The van der Waals surface area contributed by atoms with Gasteiger partial charge in [0.2, 0.25) is 11.7 Å². The van der Waals surface area contributed by atoms with Gasteiger partial charge in [-0.25, -0.2) is 0 Å². The van der Waals surface area contributed by atoms with Gasteiger partial charge in [-0.3, -0.25) is 14.4 Å². The number of thioether (sulfide) groups is 1. The van der Waals surface area contributed by atoms with Crippen LogP contribution in [0, 0.1) is 13.8 Å². The largest absolute Gasteiger partial charge is 0.486 e. The van der Waals surface area contributed by atoms with E-state index in [-0.39, 0.29) is 24.7 Å². The number of fused-ring (bicyclic) bond motifs is 2. The van der Waals surface area contributed by atoms with Crippen molar-refractivity contribution in [3.8, 4) is 17.2 Å². The highest BCUT2D eigenvalue weighted by molar-refractivity contribution is 8.01. The van der Waals surface area contributed by atoms with Gasteiger partial charge in [-0.15, -0.1) is 11.8 Å². The summed E-state index contributed by atoms with van der Waals surface area (Å²) in [6.45, 7) is 4.37. The Morgan fingerprint density at radius 1 is 1.09 bits per heavy atom. The average Bonchev–Trinajstić information content (AvgIpc) is 3.16. The highest BCUT2D eigenvalue weighted by Crippen LogP contribution is 2.37. The predicted octanol–water partition coefficient (Wildman–Crippen LogP) is 4.09. The molecular weight excluding hydrogens is 468 g/mol. The van der Waals surface area contributed by atoms with Gasteiger partial charge in [0.15, 0.2) is 18.1 Å². The molecule has 0 radical (unpaired) electrons. The number of hydrogen-bond acceptors (Lipinski definition) is 7. The highest BCUT2D eigenvalue weighted by Gasteiger charge is 2.30. The van der Waals surface area contributed by atoms with E-state index in [1.165, 1.54) is 11.8 Å². The van der Waals surface area contributed by atoms with Gasteiger partial charge in [-0.1, -0.05) is 12.1 Å². The fourth-order valence-corrected chi connectivity index (χ4v) is 5.37. The van der Waals surface area contributed by atoms with Crippen molar-refractivity contribution in [2.45, 2.75) is 30.4 Å². The molecule has 35 heavy (non-hydrogen) atoms. The Morgan fingerprint density at radius 3 is 2.69 bits per heavy atom. The van der Waals surface area contributed by atoms with Gasteiger partial charge < -0.3 is 24.1 Å². The summed E-state index contributed by atoms with van der Waals surface area (Å²) in [5, 5.41) is 2.20. The number of esters is 1. The van der Waals surface area contributed by atoms with E-state index in [1.54, 1.807) is 6.07 Å². The quantitative estimate of drug-likeness (QED) is 0.409. The summed E-state index contributed by atoms with van der Waals surface area (Å²) >= 11 is 1.32. The number of amides is 1. The van der Waals surface area contributed by atoms with E-state index < -0.39 is 11.2 Å². The SMILES string of the molecule is Cc1cc(C(=O)COC(=O)CC2Sc3ccccc3NC2=O)c(C)n1-c1ccc2c(c1)OCCO2. The first-order valence-electron chi connectivity index (χ1n) is 11.2. The average molecular weight is 493 g/mol. The number of aromatic nitrogens is 1. The molecule has 3 aromatic rings. The van der Waals surface area contributed by atoms with Crippen LogP contribution in [0.2, 0.25) is 0 Å². The Labute approximate surface area is 206 Å². The number of aryl methyl sites for hydroxylation is 1. The van der Waals surface area contributed by atoms with Gasteiger partial charge >= 0.3 is 5.97 Å². The van der Waals surface area contributed by atoms with Crippen molar-refractivity contribution >= 4 is 35.1 Å². The minimum Gasteiger partial charge on any atom is -0.486 e. The summed E-state index contributed by atoms with van der Waals surface area (Å²) in [5.74, 6) is 0.210. The van der Waals surface area contributed by atoms with E-state index in [0.29, 0.717) is 30.3 Å². The maximum Gasteiger partial charge on any atom is 0.307 e. The molecule has 0 fully saturated rings. The second-order valence-corrected chi connectivity index (χ2v) is 9.57. The van der Waals surface area contributed by atoms with Crippen molar-refractivity contribution in [1.29, 1.82) is 0 Å². The summed E-state index contributed by atoms with van der Waals surface area (Å²) in [6.07, 6.45) is -0.117. The summed E-state index contributed by atoms with van der Waals surface area (Å²) in [6, 6.07) is 14.8. The van der Waals surface area contributed by atoms with E-state index in [2.05, 4.69) is 5.32 Å². The van der Waals surface area contributed by atoms with Crippen LogP contribution < -0.4 is 14.8 Å². The Kier molecular flexibility index (Phi) is 6.25. The maximum atomic E-state index is 12.9. The Balaban J connectivity index is 1.24. The molecule has 0 bridgehead atoms. The molecule has 1 unspecified atom stereocenters. The number of carbonyl (C=O) groups excluding carboxylic acids is 3. The molecule has 9 heteroatoms. The third kappa shape index (κ3) is 4.64. The molecule has 0 spiro atoms. The molecule has 1 N–H and O–H groups in total. The molecule has 0 saturated heterocycles. The van der Waals surface area contributed by atoms with Gasteiger partial charge in [-0.05, 0) is 44.2 Å². The molecule has 2 aliphatic rings. The fourth-order valence-electron chi connectivity index (χ4n) is 4.27. The van der Waals surface area contributed by atoms with E-state index in [4.69, 9.17) is 14.2 Å². The Hall–Kier alpha value is -3.72. The molecule has 5 rings (SSSR count). The standard InChI is InChI=1S/C26H24N2O6S/c1-15-11-18(16(2)28(15)17-7-8-21-22(12-17)33-10-9-32-21)20(29)14-34-25(30)13-24-26(31)27-19-5-3-4-6-23(19)35-24/h3-8,11-12,24H,9-10,13-14H2,1-2H3,(H,27,31). The first kappa shape index (κ1) is 23.0. The number of hydrogen-bond donors (Lipinski definition) is 1. The lowest BCUT2D eigenvalue weighted by Crippen LogP contribution is -2.31. The summed E-state index contributed by atoms with van der Waals surface area (Å²) in [5.41, 5.74) is 3.65. The monoisotopic (exact) mass is 492 g/mol. The fraction of sp³-hybridized carbons (Fsp3) is 0.269. The second kappa shape index (κ2) is 9.50. The number of anilines is 1. The third-order valence-electron chi connectivity index (χ3n) is 5.94. The molecule has 3 heterocycles. The number of benzene rings is 2. The lowest BCUT2D eigenvalue weighted by molar-refractivity contribution is -0.143. The molecule has 180 valence electrons. The minimum absolute atomic E-state index is 0.117. The smallest absolute Gasteiger partial charge is 0.307 e. The van der Waals surface area contributed by atoms with Crippen LogP contribution in [0.3, 0.4) is 0 Å².